The lowest BCUT2D eigenvalue weighted by Crippen LogP contribution is -2.19. The molecule has 1 aromatic heterocycles. The summed E-state index contributed by atoms with van der Waals surface area (Å²) in [6.45, 7) is 3.89. The topological polar surface area (TPSA) is 66.5 Å². The van der Waals surface area contributed by atoms with Gasteiger partial charge in [-0.3, -0.25) is 4.79 Å². The fourth-order valence-corrected chi connectivity index (χ4v) is 2.41. The van der Waals surface area contributed by atoms with E-state index in [0.717, 1.165) is 27.9 Å². The summed E-state index contributed by atoms with van der Waals surface area (Å²) in [7, 11) is 1.62. The molecule has 1 amide bonds. The van der Waals surface area contributed by atoms with Crippen molar-refractivity contribution >= 4 is 22.5 Å². The highest BCUT2D eigenvalue weighted by molar-refractivity contribution is 6.01. The van der Waals surface area contributed by atoms with E-state index in [-0.39, 0.29) is 5.91 Å². The van der Waals surface area contributed by atoms with E-state index in [0.29, 0.717) is 5.69 Å². The number of hydrogen-bond donors (Lipinski definition) is 2. The standard InChI is InChI=1S/C19H19N3O2/c1-12-4-6-14(7-5-12)13(2)21-22-19(23)18-11-15-10-16(24-3)8-9-17(15)20-18/h4-11,20H,1-3H3,(H,22,23). The first kappa shape index (κ1) is 15.8. The number of aromatic amines is 1. The maximum atomic E-state index is 12.3. The predicted octanol–water partition coefficient (Wildman–Crippen LogP) is 3.64. The average molecular weight is 321 g/mol. The van der Waals surface area contributed by atoms with Crippen molar-refractivity contribution in [2.45, 2.75) is 13.8 Å². The number of hydrogen-bond acceptors (Lipinski definition) is 3. The summed E-state index contributed by atoms with van der Waals surface area (Å²) in [5.74, 6) is 0.471. The fraction of sp³-hybridized carbons (Fsp3) is 0.158. The van der Waals surface area contributed by atoms with Crippen molar-refractivity contribution in [1.29, 1.82) is 0 Å². The fourth-order valence-electron chi connectivity index (χ4n) is 2.41. The van der Waals surface area contributed by atoms with E-state index < -0.39 is 0 Å². The van der Waals surface area contributed by atoms with Gasteiger partial charge < -0.3 is 9.72 Å². The molecule has 0 radical (unpaired) electrons. The van der Waals surface area contributed by atoms with Crippen LogP contribution in [0.1, 0.15) is 28.5 Å². The molecule has 2 aromatic carbocycles. The van der Waals surface area contributed by atoms with Crippen LogP contribution in [-0.2, 0) is 0 Å². The highest BCUT2D eigenvalue weighted by Crippen LogP contribution is 2.21. The molecule has 0 saturated heterocycles. The lowest BCUT2D eigenvalue weighted by Gasteiger charge is -2.02. The number of hydrazone groups is 1. The summed E-state index contributed by atoms with van der Waals surface area (Å²) in [6.07, 6.45) is 0. The van der Waals surface area contributed by atoms with Crippen molar-refractivity contribution in [3.8, 4) is 5.75 Å². The van der Waals surface area contributed by atoms with E-state index in [4.69, 9.17) is 4.74 Å². The lowest BCUT2D eigenvalue weighted by atomic mass is 10.1. The van der Waals surface area contributed by atoms with Crippen molar-refractivity contribution in [2.75, 3.05) is 7.11 Å². The summed E-state index contributed by atoms with van der Waals surface area (Å²) in [4.78, 5) is 15.4. The molecule has 1 heterocycles. The Morgan fingerprint density at radius 1 is 1.12 bits per heavy atom. The maximum absolute atomic E-state index is 12.3. The predicted molar refractivity (Wildman–Crippen MR) is 95.7 cm³/mol. The number of methoxy groups -OCH3 is 1. The summed E-state index contributed by atoms with van der Waals surface area (Å²) in [5.41, 5.74) is 6.83. The minimum atomic E-state index is -0.281. The Morgan fingerprint density at radius 2 is 1.88 bits per heavy atom. The monoisotopic (exact) mass is 321 g/mol. The molecule has 0 saturated carbocycles. The molecular formula is C19H19N3O2. The summed E-state index contributed by atoms with van der Waals surface area (Å²) in [6, 6.07) is 15.4. The van der Waals surface area contributed by atoms with Gasteiger partial charge in [0.05, 0.1) is 12.8 Å². The molecule has 5 heteroatoms. The van der Waals surface area contributed by atoms with Gasteiger partial charge in [-0.25, -0.2) is 5.43 Å². The second-order valence-electron chi connectivity index (χ2n) is 5.64. The first-order valence-corrected chi connectivity index (χ1v) is 7.65. The smallest absolute Gasteiger partial charge is 0.287 e. The van der Waals surface area contributed by atoms with Crippen LogP contribution in [0.5, 0.6) is 5.75 Å². The number of nitrogens with zero attached hydrogens (tertiary/aromatic N) is 1. The minimum Gasteiger partial charge on any atom is -0.497 e. The zero-order chi connectivity index (χ0) is 17.1. The minimum absolute atomic E-state index is 0.281. The van der Waals surface area contributed by atoms with Gasteiger partial charge in [-0.1, -0.05) is 29.8 Å². The number of aryl methyl sites for hydroxylation is 1. The molecule has 0 aliphatic carbocycles. The van der Waals surface area contributed by atoms with Gasteiger partial charge in [0.15, 0.2) is 0 Å². The Labute approximate surface area is 140 Å². The number of amides is 1. The molecule has 5 nitrogen and oxygen atoms in total. The number of carbonyl (C=O) groups excluding carboxylic acids is 1. The SMILES string of the molecule is COc1ccc2[nH]c(C(=O)NN=C(C)c3ccc(C)cc3)cc2c1. The Morgan fingerprint density at radius 3 is 2.58 bits per heavy atom. The molecule has 0 atom stereocenters. The Balaban J connectivity index is 1.77. The van der Waals surface area contributed by atoms with E-state index in [9.17, 15) is 4.79 Å². The third kappa shape index (κ3) is 3.30. The Hall–Kier alpha value is -3.08. The van der Waals surface area contributed by atoms with Gasteiger partial charge in [0.1, 0.15) is 11.4 Å². The van der Waals surface area contributed by atoms with Crippen LogP contribution in [0.4, 0.5) is 0 Å². The molecule has 0 bridgehead atoms. The zero-order valence-electron chi connectivity index (χ0n) is 13.9. The number of nitrogens with one attached hydrogen (secondary N) is 2. The van der Waals surface area contributed by atoms with Crippen molar-refractivity contribution in [1.82, 2.24) is 10.4 Å². The maximum Gasteiger partial charge on any atom is 0.287 e. The number of carbonyl (C=O) groups is 1. The van der Waals surface area contributed by atoms with Crippen LogP contribution in [0.3, 0.4) is 0 Å². The van der Waals surface area contributed by atoms with Crippen molar-refractivity contribution in [3.05, 3.63) is 65.4 Å². The Kier molecular flexibility index (Phi) is 4.33. The van der Waals surface area contributed by atoms with Crippen LogP contribution in [0.15, 0.2) is 53.6 Å². The molecule has 0 spiro atoms. The first-order valence-electron chi connectivity index (χ1n) is 7.65. The Bertz CT molecular complexity index is 908. The average Bonchev–Trinajstić information content (AvgIpc) is 3.03. The van der Waals surface area contributed by atoms with E-state index in [1.54, 1.807) is 13.2 Å². The summed E-state index contributed by atoms with van der Waals surface area (Å²) < 4.78 is 5.19. The van der Waals surface area contributed by atoms with Gasteiger partial charge in [0, 0.05) is 10.9 Å². The number of ether oxygens (including phenoxy) is 1. The molecule has 122 valence electrons. The van der Waals surface area contributed by atoms with Crippen molar-refractivity contribution < 1.29 is 9.53 Å². The largest absolute Gasteiger partial charge is 0.497 e. The van der Waals surface area contributed by atoms with E-state index >= 15 is 0 Å². The number of fused-ring (bicyclic) bond motifs is 1. The quantitative estimate of drug-likeness (QED) is 0.569. The van der Waals surface area contributed by atoms with Crippen LogP contribution >= 0.6 is 0 Å². The molecule has 0 fully saturated rings. The number of rotatable bonds is 4. The molecule has 0 aliphatic rings. The summed E-state index contributed by atoms with van der Waals surface area (Å²) in [5, 5.41) is 5.09. The third-order valence-electron chi connectivity index (χ3n) is 3.87. The van der Waals surface area contributed by atoms with Crippen molar-refractivity contribution in [3.63, 3.8) is 0 Å². The molecule has 2 N–H and O–H groups in total. The van der Waals surface area contributed by atoms with Gasteiger partial charge in [0.2, 0.25) is 0 Å². The molecule has 24 heavy (non-hydrogen) atoms. The number of aromatic nitrogens is 1. The molecule has 0 unspecified atom stereocenters. The molecule has 3 aromatic rings. The van der Waals surface area contributed by atoms with Crippen LogP contribution in [0, 0.1) is 6.92 Å². The van der Waals surface area contributed by atoms with Crippen LogP contribution < -0.4 is 10.2 Å². The van der Waals surface area contributed by atoms with Gasteiger partial charge in [-0.05, 0) is 43.7 Å². The van der Waals surface area contributed by atoms with E-state index in [1.165, 1.54) is 5.56 Å². The van der Waals surface area contributed by atoms with Gasteiger partial charge >= 0.3 is 0 Å². The van der Waals surface area contributed by atoms with Crippen LogP contribution in [0.2, 0.25) is 0 Å². The zero-order valence-corrected chi connectivity index (χ0v) is 13.9. The normalized spacial score (nSPS) is 11.5. The second kappa shape index (κ2) is 6.58. The lowest BCUT2D eigenvalue weighted by molar-refractivity contribution is 0.0950. The second-order valence-corrected chi connectivity index (χ2v) is 5.64. The third-order valence-corrected chi connectivity index (χ3v) is 3.87. The van der Waals surface area contributed by atoms with Gasteiger partial charge in [-0.2, -0.15) is 5.10 Å². The summed E-state index contributed by atoms with van der Waals surface area (Å²) >= 11 is 0. The highest BCUT2D eigenvalue weighted by atomic mass is 16.5. The van der Waals surface area contributed by atoms with E-state index in [1.807, 2.05) is 56.3 Å². The first-order chi connectivity index (χ1) is 11.6. The van der Waals surface area contributed by atoms with E-state index in [2.05, 4.69) is 15.5 Å². The van der Waals surface area contributed by atoms with Gasteiger partial charge in [0.25, 0.3) is 5.91 Å². The van der Waals surface area contributed by atoms with Gasteiger partial charge in [-0.15, -0.1) is 0 Å². The van der Waals surface area contributed by atoms with Crippen LogP contribution in [-0.4, -0.2) is 23.7 Å². The molecular weight excluding hydrogens is 302 g/mol. The number of H-pyrrole nitrogens is 1. The molecule has 0 aliphatic heterocycles. The number of benzene rings is 2. The highest BCUT2D eigenvalue weighted by Gasteiger charge is 2.09. The molecule has 3 rings (SSSR count). The van der Waals surface area contributed by atoms with Crippen LogP contribution in [0.25, 0.3) is 10.9 Å². The van der Waals surface area contributed by atoms with Crippen molar-refractivity contribution in [2.24, 2.45) is 5.10 Å².